The van der Waals surface area contributed by atoms with Crippen LogP contribution in [0.5, 0.6) is 0 Å². The van der Waals surface area contributed by atoms with Gasteiger partial charge >= 0.3 is 0 Å². The highest BCUT2D eigenvalue weighted by atomic mass is 15.1. The minimum atomic E-state index is 0.192. The minimum Gasteiger partial charge on any atom is -0.383 e. The molecule has 0 radical (unpaired) electrons. The van der Waals surface area contributed by atoms with Crippen molar-refractivity contribution < 1.29 is 0 Å². The second kappa shape index (κ2) is 7.03. The second-order valence-corrected chi connectivity index (χ2v) is 8.09. The van der Waals surface area contributed by atoms with Gasteiger partial charge in [0.15, 0.2) is 5.82 Å². The monoisotopic (exact) mass is 382 g/mol. The lowest BCUT2D eigenvalue weighted by molar-refractivity contribution is 0.581. The van der Waals surface area contributed by atoms with E-state index in [1.165, 1.54) is 35.2 Å². The highest BCUT2D eigenvalue weighted by Gasteiger charge is 2.26. The molecule has 0 unspecified atom stereocenters. The zero-order valence-corrected chi connectivity index (χ0v) is 17.0. The van der Waals surface area contributed by atoms with E-state index in [0.29, 0.717) is 11.6 Å². The average Bonchev–Trinajstić information content (AvgIpc) is 3.09. The summed E-state index contributed by atoms with van der Waals surface area (Å²) in [5.74, 6) is 1.30. The number of anilines is 1. The Balaban J connectivity index is 1.77. The number of nitrogens with two attached hydrogens (primary N) is 1. The molecule has 4 nitrogen and oxygen atoms in total. The number of hydrogen-bond acceptors (Lipinski definition) is 3. The number of nitrogen functional groups attached to an aromatic ring is 1. The molecule has 146 valence electrons. The van der Waals surface area contributed by atoms with Gasteiger partial charge in [0.1, 0.15) is 11.5 Å². The van der Waals surface area contributed by atoms with Crippen LogP contribution in [0.2, 0.25) is 0 Å². The van der Waals surface area contributed by atoms with Crippen LogP contribution in [0.1, 0.15) is 48.2 Å². The van der Waals surface area contributed by atoms with Crippen LogP contribution < -0.4 is 5.73 Å². The van der Waals surface area contributed by atoms with Crippen LogP contribution in [0.15, 0.2) is 54.6 Å². The van der Waals surface area contributed by atoms with Gasteiger partial charge in [0.05, 0.1) is 11.4 Å². The molecule has 1 atom stereocenters. The molecular weight excluding hydrogens is 356 g/mol. The van der Waals surface area contributed by atoms with Gasteiger partial charge in [-0.2, -0.15) is 0 Å². The SMILES string of the molecule is Cc1ccc([C@@H](C)n2c3c(c4c(N)nc(-c5ccccc5)nc42)CCCC3)cc1. The van der Waals surface area contributed by atoms with Gasteiger partial charge in [-0.1, -0.05) is 60.2 Å². The Labute approximate surface area is 171 Å². The average molecular weight is 383 g/mol. The van der Waals surface area contributed by atoms with Gasteiger partial charge in [-0.05, 0) is 50.7 Å². The van der Waals surface area contributed by atoms with E-state index in [-0.39, 0.29) is 6.04 Å². The van der Waals surface area contributed by atoms with E-state index in [2.05, 4.69) is 42.7 Å². The minimum absolute atomic E-state index is 0.192. The third-order valence-electron chi connectivity index (χ3n) is 6.16. The zero-order chi connectivity index (χ0) is 20.0. The molecule has 0 spiro atoms. The van der Waals surface area contributed by atoms with E-state index in [9.17, 15) is 0 Å². The number of hydrogen-bond donors (Lipinski definition) is 1. The fourth-order valence-corrected chi connectivity index (χ4v) is 4.61. The van der Waals surface area contributed by atoms with Crippen LogP contribution in [-0.4, -0.2) is 14.5 Å². The number of fused-ring (bicyclic) bond motifs is 3. The summed E-state index contributed by atoms with van der Waals surface area (Å²) >= 11 is 0. The highest BCUT2D eigenvalue weighted by Crippen LogP contribution is 2.38. The van der Waals surface area contributed by atoms with E-state index in [0.717, 1.165) is 29.4 Å². The van der Waals surface area contributed by atoms with Crippen LogP contribution in [0.3, 0.4) is 0 Å². The summed E-state index contributed by atoms with van der Waals surface area (Å²) in [5.41, 5.74) is 13.8. The third-order valence-corrected chi connectivity index (χ3v) is 6.16. The van der Waals surface area contributed by atoms with Crippen LogP contribution in [0.25, 0.3) is 22.4 Å². The summed E-state index contributed by atoms with van der Waals surface area (Å²) in [6.07, 6.45) is 4.54. The van der Waals surface area contributed by atoms with Gasteiger partial charge in [0.25, 0.3) is 0 Å². The van der Waals surface area contributed by atoms with Crippen LogP contribution in [0.4, 0.5) is 5.82 Å². The molecular formula is C25H26N4. The lowest BCUT2D eigenvalue weighted by Gasteiger charge is -2.21. The summed E-state index contributed by atoms with van der Waals surface area (Å²) in [6.45, 7) is 4.39. The molecule has 1 aliphatic carbocycles. The van der Waals surface area contributed by atoms with Crippen LogP contribution >= 0.6 is 0 Å². The fraction of sp³-hybridized carbons (Fsp3) is 0.280. The Morgan fingerprint density at radius 1 is 0.931 bits per heavy atom. The van der Waals surface area contributed by atoms with Gasteiger partial charge < -0.3 is 10.3 Å². The first-order chi connectivity index (χ1) is 14.1. The summed E-state index contributed by atoms with van der Waals surface area (Å²) in [4.78, 5) is 9.74. The summed E-state index contributed by atoms with van der Waals surface area (Å²) in [6, 6.07) is 19.1. The molecule has 5 rings (SSSR count). The molecule has 2 aromatic carbocycles. The summed E-state index contributed by atoms with van der Waals surface area (Å²) < 4.78 is 2.42. The Morgan fingerprint density at radius 2 is 1.66 bits per heavy atom. The molecule has 4 heteroatoms. The third kappa shape index (κ3) is 3.00. The lowest BCUT2D eigenvalue weighted by atomic mass is 9.95. The normalized spacial score (nSPS) is 14.7. The van der Waals surface area contributed by atoms with Crippen molar-refractivity contribution in [3.05, 3.63) is 77.0 Å². The number of rotatable bonds is 3. The van der Waals surface area contributed by atoms with Gasteiger partial charge in [-0.15, -0.1) is 0 Å². The standard InChI is InChI=1S/C25H26N4/c1-16-12-14-18(15-13-16)17(2)29-21-11-7-6-10-20(21)22-23(26)27-24(28-25(22)29)19-8-4-3-5-9-19/h3-5,8-9,12-15,17H,6-7,10-11H2,1-2H3,(H2,26,27,28)/t17-/m1/s1. The van der Waals surface area contributed by atoms with Crippen LogP contribution in [0, 0.1) is 6.92 Å². The van der Waals surface area contributed by atoms with E-state index in [1.807, 2.05) is 30.3 Å². The van der Waals surface area contributed by atoms with Crippen molar-refractivity contribution >= 4 is 16.9 Å². The molecule has 2 N–H and O–H groups in total. The molecule has 0 saturated carbocycles. The molecule has 4 aromatic rings. The highest BCUT2D eigenvalue weighted by molar-refractivity contribution is 5.93. The number of nitrogens with zero attached hydrogens (tertiary/aromatic N) is 3. The molecule has 1 aliphatic rings. The predicted octanol–water partition coefficient (Wildman–Crippen LogP) is 5.48. The van der Waals surface area contributed by atoms with Crippen molar-refractivity contribution in [1.82, 2.24) is 14.5 Å². The van der Waals surface area contributed by atoms with Crippen molar-refractivity contribution in [3.8, 4) is 11.4 Å². The lowest BCUT2D eigenvalue weighted by Crippen LogP contribution is -2.14. The molecule has 0 bridgehead atoms. The van der Waals surface area contributed by atoms with Crippen molar-refractivity contribution in [2.24, 2.45) is 0 Å². The molecule has 2 heterocycles. The molecule has 29 heavy (non-hydrogen) atoms. The summed E-state index contributed by atoms with van der Waals surface area (Å²) in [7, 11) is 0. The van der Waals surface area contributed by atoms with E-state index in [1.54, 1.807) is 0 Å². The Morgan fingerprint density at radius 3 is 2.41 bits per heavy atom. The first kappa shape index (κ1) is 17.9. The number of benzene rings is 2. The number of aryl methyl sites for hydroxylation is 2. The Bertz CT molecular complexity index is 1170. The molecule has 0 aliphatic heterocycles. The maximum absolute atomic E-state index is 6.53. The van der Waals surface area contributed by atoms with Crippen LogP contribution in [-0.2, 0) is 12.8 Å². The van der Waals surface area contributed by atoms with Crippen molar-refractivity contribution in [1.29, 1.82) is 0 Å². The quantitative estimate of drug-likeness (QED) is 0.511. The fourth-order valence-electron chi connectivity index (χ4n) is 4.61. The predicted molar refractivity (Wildman–Crippen MR) is 119 cm³/mol. The van der Waals surface area contributed by atoms with E-state index < -0.39 is 0 Å². The van der Waals surface area contributed by atoms with Gasteiger partial charge in [-0.3, -0.25) is 0 Å². The first-order valence-corrected chi connectivity index (χ1v) is 10.4. The van der Waals surface area contributed by atoms with Gasteiger partial charge in [0.2, 0.25) is 0 Å². The maximum atomic E-state index is 6.53. The van der Waals surface area contributed by atoms with Gasteiger partial charge in [-0.25, -0.2) is 9.97 Å². The second-order valence-electron chi connectivity index (χ2n) is 8.09. The van der Waals surface area contributed by atoms with Gasteiger partial charge in [0, 0.05) is 11.3 Å². The zero-order valence-electron chi connectivity index (χ0n) is 17.0. The van der Waals surface area contributed by atoms with Crippen molar-refractivity contribution in [2.75, 3.05) is 5.73 Å². The molecule has 2 aromatic heterocycles. The largest absolute Gasteiger partial charge is 0.383 e. The van der Waals surface area contributed by atoms with Crippen molar-refractivity contribution in [3.63, 3.8) is 0 Å². The topological polar surface area (TPSA) is 56.7 Å². The van der Waals surface area contributed by atoms with E-state index in [4.69, 9.17) is 15.7 Å². The molecule has 0 saturated heterocycles. The summed E-state index contributed by atoms with van der Waals surface area (Å²) in [5, 5.41) is 1.05. The molecule has 0 amide bonds. The Kier molecular flexibility index (Phi) is 4.35. The van der Waals surface area contributed by atoms with E-state index >= 15 is 0 Å². The molecule has 0 fully saturated rings. The first-order valence-electron chi connectivity index (χ1n) is 10.4. The number of aromatic nitrogens is 3. The maximum Gasteiger partial charge on any atom is 0.163 e. The Hall–Kier alpha value is -3.14. The van der Waals surface area contributed by atoms with Crippen molar-refractivity contribution in [2.45, 2.75) is 45.6 Å². The smallest absolute Gasteiger partial charge is 0.163 e.